The second-order valence-electron chi connectivity index (χ2n) is 5.48. The number of ether oxygens (including phenoxy) is 1. The fraction of sp³-hybridized carbons (Fsp3) is 0.263. The lowest BCUT2D eigenvalue weighted by atomic mass is 10.1. The van der Waals surface area contributed by atoms with Crippen molar-refractivity contribution in [2.75, 3.05) is 11.9 Å². The molecule has 5 heteroatoms. The van der Waals surface area contributed by atoms with Crippen molar-refractivity contribution in [1.29, 1.82) is 0 Å². The lowest BCUT2D eigenvalue weighted by Gasteiger charge is -2.12. The van der Waals surface area contributed by atoms with Gasteiger partial charge in [0.25, 0.3) is 0 Å². The van der Waals surface area contributed by atoms with Crippen LogP contribution in [0.15, 0.2) is 48.5 Å². The number of amides is 1. The molecule has 0 spiro atoms. The summed E-state index contributed by atoms with van der Waals surface area (Å²) >= 11 is 5.21. The number of benzene rings is 2. The van der Waals surface area contributed by atoms with Gasteiger partial charge in [-0.15, -0.1) is 0 Å². The number of carbonyl (C=O) groups is 1. The zero-order chi connectivity index (χ0) is 17.4. The predicted octanol–water partition coefficient (Wildman–Crippen LogP) is 3.84. The third kappa shape index (κ3) is 5.66. The minimum absolute atomic E-state index is 0.139. The van der Waals surface area contributed by atoms with Gasteiger partial charge in [0.05, 0.1) is 13.0 Å². The van der Waals surface area contributed by atoms with Gasteiger partial charge in [-0.1, -0.05) is 37.3 Å². The van der Waals surface area contributed by atoms with E-state index in [1.54, 1.807) is 0 Å². The van der Waals surface area contributed by atoms with Gasteiger partial charge < -0.3 is 15.4 Å². The van der Waals surface area contributed by atoms with Crippen LogP contribution in [0.3, 0.4) is 0 Å². The van der Waals surface area contributed by atoms with Crippen LogP contribution in [0.1, 0.15) is 24.5 Å². The fourth-order valence-corrected chi connectivity index (χ4v) is 2.43. The van der Waals surface area contributed by atoms with Gasteiger partial charge in [0, 0.05) is 11.8 Å². The highest BCUT2D eigenvalue weighted by Gasteiger charge is 2.08. The van der Waals surface area contributed by atoms with Gasteiger partial charge in [-0.25, -0.2) is 0 Å². The zero-order valence-electron chi connectivity index (χ0n) is 14.0. The van der Waals surface area contributed by atoms with E-state index in [-0.39, 0.29) is 11.0 Å². The number of carbonyl (C=O) groups excluding carboxylic acids is 1. The molecule has 2 aromatic carbocycles. The predicted molar refractivity (Wildman–Crippen MR) is 101 cm³/mol. The molecule has 0 radical (unpaired) electrons. The molecular formula is C19H22N2O2S. The summed E-state index contributed by atoms with van der Waals surface area (Å²) in [7, 11) is 0. The van der Waals surface area contributed by atoms with Crippen molar-refractivity contribution in [1.82, 2.24) is 5.32 Å². The van der Waals surface area contributed by atoms with Crippen LogP contribution in [0.25, 0.3) is 0 Å². The van der Waals surface area contributed by atoms with Crippen LogP contribution in [0.5, 0.6) is 5.75 Å². The summed E-state index contributed by atoms with van der Waals surface area (Å²) in [6, 6.07) is 15.3. The Kier molecular flexibility index (Phi) is 6.75. The highest BCUT2D eigenvalue weighted by atomic mass is 32.1. The molecule has 2 rings (SSSR count). The average molecular weight is 342 g/mol. The largest absolute Gasteiger partial charge is 0.494 e. The highest BCUT2D eigenvalue weighted by molar-refractivity contribution is 7.80. The standard InChI is InChI=1S/C19H22N2O2S/c1-3-11-23-17-10-6-9-16(13-17)20-19(24)21-18(22)12-15-8-5-4-7-14(15)2/h4-10,13H,3,11-12H2,1-2H3,(H2,20,21,22,24). The summed E-state index contributed by atoms with van der Waals surface area (Å²) in [4.78, 5) is 12.1. The Morgan fingerprint density at radius 3 is 2.71 bits per heavy atom. The minimum Gasteiger partial charge on any atom is -0.494 e. The summed E-state index contributed by atoms with van der Waals surface area (Å²) in [6.45, 7) is 4.71. The lowest BCUT2D eigenvalue weighted by Crippen LogP contribution is -2.35. The number of thiocarbonyl (C=S) groups is 1. The molecule has 0 fully saturated rings. The Bertz CT molecular complexity index is 716. The van der Waals surface area contributed by atoms with Crippen molar-refractivity contribution in [3.8, 4) is 5.75 Å². The fourth-order valence-electron chi connectivity index (χ4n) is 2.20. The molecule has 1 amide bonds. The smallest absolute Gasteiger partial charge is 0.230 e. The summed E-state index contributed by atoms with van der Waals surface area (Å²) in [6.07, 6.45) is 1.25. The molecule has 24 heavy (non-hydrogen) atoms. The average Bonchev–Trinajstić information content (AvgIpc) is 2.55. The molecule has 0 bridgehead atoms. The molecule has 0 aliphatic rings. The SMILES string of the molecule is CCCOc1cccc(NC(=S)NC(=O)Cc2ccccc2C)c1. The third-order valence-electron chi connectivity index (χ3n) is 3.43. The number of anilines is 1. The minimum atomic E-state index is -0.139. The van der Waals surface area contributed by atoms with Crippen LogP contribution in [0.4, 0.5) is 5.69 Å². The molecule has 0 saturated carbocycles. The van der Waals surface area contributed by atoms with Crippen molar-refractivity contribution >= 4 is 28.9 Å². The Balaban J connectivity index is 1.88. The Hall–Kier alpha value is -2.40. The van der Waals surface area contributed by atoms with E-state index in [1.165, 1.54) is 0 Å². The van der Waals surface area contributed by atoms with Gasteiger partial charge in [-0.2, -0.15) is 0 Å². The summed E-state index contributed by atoms with van der Waals surface area (Å²) in [5, 5.41) is 6.00. The molecule has 0 aliphatic carbocycles. The van der Waals surface area contributed by atoms with Crippen LogP contribution in [0.2, 0.25) is 0 Å². The van der Waals surface area contributed by atoms with Gasteiger partial charge >= 0.3 is 0 Å². The van der Waals surface area contributed by atoms with E-state index in [9.17, 15) is 4.79 Å². The first kappa shape index (κ1) is 17.9. The molecule has 2 N–H and O–H groups in total. The van der Waals surface area contributed by atoms with Crippen LogP contribution in [-0.4, -0.2) is 17.6 Å². The molecule has 0 saturated heterocycles. The number of aryl methyl sites for hydroxylation is 1. The first-order valence-electron chi connectivity index (χ1n) is 7.96. The van der Waals surface area contributed by atoms with Crippen LogP contribution < -0.4 is 15.4 Å². The van der Waals surface area contributed by atoms with Gasteiger partial charge in [0.15, 0.2) is 5.11 Å². The van der Waals surface area contributed by atoms with Crippen molar-refractivity contribution in [3.05, 3.63) is 59.7 Å². The molecular weight excluding hydrogens is 320 g/mol. The topological polar surface area (TPSA) is 50.4 Å². The van der Waals surface area contributed by atoms with Gasteiger partial charge in [0.1, 0.15) is 5.75 Å². The van der Waals surface area contributed by atoms with Crippen LogP contribution in [0, 0.1) is 6.92 Å². The van der Waals surface area contributed by atoms with E-state index in [0.29, 0.717) is 13.0 Å². The quantitative estimate of drug-likeness (QED) is 0.783. The molecule has 126 valence electrons. The highest BCUT2D eigenvalue weighted by Crippen LogP contribution is 2.17. The maximum Gasteiger partial charge on any atom is 0.230 e. The van der Waals surface area contributed by atoms with Crippen LogP contribution >= 0.6 is 12.2 Å². The van der Waals surface area contributed by atoms with Crippen molar-refractivity contribution in [2.45, 2.75) is 26.7 Å². The number of hydrogen-bond donors (Lipinski definition) is 2. The Labute approximate surface area is 148 Å². The van der Waals surface area contributed by atoms with Gasteiger partial charge in [0.2, 0.25) is 5.91 Å². The van der Waals surface area contributed by atoms with E-state index >= 15 is 0 Å². The molecule has 0 heterocycles. The van der Waals surface area contributed by atoms with E-state index < -0.39 is 0 Å². The third-order valence-corrected chi connectivity index (χ3v) is 3.63. The zero-order valence-corrected chi connectivity index (χ0v) is 14.8. The number of hydrogen-bond acceptors (Lipinski definition) is 3. The molecule has 0 unspecified atom stereocenters. The van der Waals surface area contributed by atoms with Gasteiger partial charge in [-0.3, -0.25) is 4.79 Å². The van der Waals surface area contributed by atoms with E-state index in [4.69, 9.17) is 17.0 Å². The Morgan fingerprint density at radius 1 is 1.17 bits per heavy atom. The van der Waals surface area contributed by atoms with E-state index in [2.05, 4.69) is 17.6 Å². The first-order valence-corrected chi connectivity index (χ1v) is 8.37. The molecule has 0 atom stereocenters. The summed E-state index contributed by atoms with van der Waals surface area (Å²) in [5.74, 6) is 0.635. The second kappa shape index (κ2) is 9.03. The van der Waals surface area contributed by atoms with Crippen molar-refractivity contribution in [2.24, 2.45) is 0 Å². The van der Waals surface area contributed by atoms with Crippen molar-refractivity contribution < 1.29 is 9.53 Å². The summed E-state index contributed by atoms with van der Waals surface area (Å²) in [5.41, 5.74) is 2.87. The lowest BCUT2D eigenvalue weighted by molar-refractivity contribution is -0.119. The molecule has 2 aromatic rings. The van der Waals surface area contributed by atoms with Crippen LogP contribution in [-0.2, 0) is 11.2 Å². The maximum absolute atomic E-state index is 12.1. The first-order chi connectivity index (χ1) is 11.6. The Morgan fingerprint density at radius 2 is 1.96 bits per heavy atom. The van der Waals surface area contributed by atoms with E-state index in [1.807, 2.05) is 55.5 Å². The molecule has 0 aliphatic heterocycles. The maximum atomic E-state index is 12.1. The number of nitrogens with one attached hydrogen (secondary N) is 2. The van der Waals surface area contributed by atoms with E-state index in [0.717, 1.165) is 29.0 Å². The second-order valence-corrected chi connectivity index (χ2v) is 5.89. The summed E-state index contributed by atoms with van der Waals surface area (Å²) < 4.78 is 5.58. The molecule has 0 aromatic heterocycles. The van der Waals surface area contributed by atoms with Crippen molar-refractivity contribution in [3.63, 3.8) is 0 Å². The monoisotopic (exact) mass is 342 g/mol. The molecule has 4 nitrogen and oxygen atoms in total. The van der Waals surface area contributed by atoms with Gasteiger partial charge in [-0.05, 0) is 48.8 Å². The number of rotatable bonds is 6. The normalized spacial score (nSPS) is 10.1.